The molecule has 160 valence electrons. The molecule has 1 saturated heterocycles. The van der Waals surface area contributed by atoms with E-state index in [4.69, 9.17) is 14.2 Å². The molecule has 10 heteroatoms. The fourth-order valence-electron chi connectivity index (χ4n) is 3.41. The Morgan fingerprint density at radius 2 is 1.83 bits per heavy atom. The van der Waals surface area contributed by atoms with Crippen LogP contribution in [0.3, 0.4) is 0 Å². The van der Waals surface area contributed by atoms with Gasteiger partial charge in [0.2, 0.25) is 5.91 Å². The summed E-state index contributed by atoms with van der Waals surface area (Å²) in [5, 5.41) is 3.37. The van der Waals surface area contributed by atoms with Gasteiger partial charge in [-0.15, -0.1) is 11.3 Å². The van der Waals surface area contributed by atoms with Crippen LogP contribution in [-0.2, 0) is 32.0 Å². The number of rotatable bonds is 6. The zero-order valence-corrected chi connectivity index (χ0v) is 17.6. The van der Waals surface area contributed by atoms with Gasteiger partial charge in [0.1, 0.15) is 5.00 Å². The molecule has 0 bridgehead atoms. The van der Waals surface area contributed by atoms with Crippen LogP contribution in [0.25, 0.3) is 0 Å². The van der Waals surface area contributed by atoms with E-state index in [0.717, 1.165) is 10.4 Å². The molecule has 29 heavy (non-hydrogen) atoms. The molecule has 9 nitrogen and oxygen atoms in total. The van der Waals surface area contributed by atoms with Crippen LogP contribution < -0.4 is 5.32 Å². The van der Waals surface area contributed by atoms with Gasteiger partial charge >= 0.3 is 12.1 Å². The van der Waals surface area contributed by atoms with Gasteiger partial charge in [0.15, 0.2) is 0 Å². The number of hydrogen-bond donors (Lipinski definition) is 1. The number of anilines is 1. The molecule has 0 saturated carbocycles. The summed E-state index contributed by atoms with van der Waals surface area (Å²) in [4.78, 5) is 41.7. The van der Waals surface area contributed by atoms with Gasteiger partial charge in [0, 0.05) is 24.5 Å². The predicted molar refractivity (Wildman–Crippen MR) is 107 cm³/mol. The van der Waals surface area contributed by atoms with Crippen LogP contribution in [0.4, 0.5) is 9.80 Å². The minimum Gasteiger partial charge on any atom is -0.462 e. The van der Waals surface area contributed by atoms with Crippen LogP contribution >= 0.6 is 11.3 Å². The standard InChI is InChI=1S/C19H27N3O6S/c1-3-27-18(24)16-13-5-6-22(19(25)28-4-2)11-14(13)29-17(16)20-15(23)12-21-7-9-26-10-8-21/h3-12H2,1-2H3,(H,20,23). The van der Waals surface area contributed by atoms with E-state index in [1.165, 1.54) is 11.3 Å². The van der Waals surface area contributed by atoms with Crippen LogP contribution in [-0.4, -0.2) is 80.4 Å². The second kappa shape index (κ2) is 10.0. The summed E-state index contributed by atoms with van der Waals surface area (Å²) < 4.78 is 15.6. The van der Waals surface area contributed by atoms with E-state index in [1.807, 2.05) is 4.90 Å². The van der Waals surface area contributed by atoms with Crippen LogP contribution in [0.1, 0.15) is 34.6 Å². The van der Waals surface area contributed by atoms with Crippen LogP contribution in [0.15, 0.2) is 0 Å². The summed E-state index contributed by atoms with van der Waals surface area (Å²) in [5.41, 5.74) is 1.25. The van der Waals surface area contributed by atoms with Crippen molar-refractivity contribution in [1.82, 2.24) is 9.80 Å². The van der Waals surface area contributed by atoms with E-state index in [-0.39, 0.29) is 25.2 Å². The van der Waals surface area contributed by atoms with Crippen molar-refractivity contribution in [3.05, 3.63) is 16.0 Å². The molecular weight excluding hydrogens is 398 g/mol. The molecule has 2 aliphatic rings. The average Bonchev–Trinajstić information content (AvgIpc) is 3.05. The molecule has 0 spiro atoms. The molecule has 3 heterocycles. The molecule has 2 aliphatic heterocycles. The van der Waals surface area contributed by atoms with Gasteiger partial charge in [-0.25, -0.2) is 9.59 Å². The average molecular weight is 426 g/mol. The number of thiophene rings is 1. The molecule has 1 N–H and O–H groups in total. The Hall–Kier alpha value is -2.17. The van der Waals surface area contributed by atoms with Gasteiger partial charge in [-0.3, -0.25) is 9.69 Å². The fraction of sp³-hybridized carbons (Fsp3) is 0.632. The molecule has 0 radical (unpaired) electrons. The van der Waals surface area contributed by atoms with E-state index in [9.17, 15) is 14.4 Å². The summed E-state index contributed by atoms with van der Waals surface area (Å²) in [5.74, 6) is -0.630. The number of esters is 1. The quantitative estimate of drug-likeness (QED) is 0.693. The highest BCUT2D eigenvalue weighted by Crippen LogP contribution is 2.37. The Balaban J connectivity index is 1.77. The molecule has 2 amide bonds. The van der Waals surface area contributed by atoms with E-state index < -0.39 is 5.97 Å². The van der Waals surface area contributed by atoms with Gasteiger partial charge in [0.25, 0.3) is 0 Å². The predicted octanol–water partition coefficient (Wildman–Crippen LogP) is 1.71. The number of carbonyl (C=O) groups excluding carboxylic acids is 3. The lowest BCUT2D eigenvalue weighted by Crippen LogP contribution is -2.41. The van der Waals surface area contributed by atoms with Crippen molar-refractivity contribution in [2.45, 2.75) is 26.8 Å². The summed E-state index contributed by atoms with van der Waals surface area (Å²) in [6.07, 6.45) is 0.139. The minimum atomic E-state index is -0.448. The summed E-state index contributed by atoms with van der Waals surface area (Å²) in [6.45, 7) is 7.74. The number of amides is 2. The number of morpholine rings is 1. The highest BCUT2D eigenvalue weighted by molar-refractivity contribution is 7.17. The molecule has 0 unspecified atom stereocenters. The SMILES string of the molecule is CCOC(=O)c1c(NC(=O)CN2CCOCC2)sc2c1CCN(C(=O)OCC)C2. The lowest BCUT2D eigenvalue weighted by Gasteiger charge is -2.26. The van der Waals surface area contributed by atoms with Gasteiger partial charge in [-0.05, 0) is 25.8 Å². The second-order valence-electron chi connectivity index (χ2n) is 6.74. The molecule has 0 aliphatic carbocycles. The number of nitrogens with one attached hydrogen (secondary N) is 1. The number of ether oxygens (including phenoxy) is 3. The molecule has 3 rings (SSSR count). The van der Waals surface area contributed by atoms with Crippen LogP contribution in [0.2, 0.25) is 0 Å². The topological polar surface area (TPSA) is 97.4 Å². The van der Waals surface area contributed by atoms with E-state index in [2.05, 4.69) is 5.32 Å². The van der Waals surface area contributed by atoms with Crippen molar-refractivity contribution in [2.75, 3.05) is 57.9 Å². The van der Waals surface area contributed by atoms with Gasteiger partial charge in [0.05, 0.1) is 45.1 Å². The van der Waals surface area contributed by atoms with Gasteiger partial charge < -0.3 is 24.4 Å². The van der Waals surface area contributed by atoms with Crippen molar-refractivity contribution in [3.8, 4) is 0 Å². The zero-order valence-electron chi connectivity index (χ0n) is 16.8. The van der Waals surface area contributed by atoms with E-state index in [1.54, 1.807) is 18.7 Å². The Bertz CT molecular complexity index is 759. The maximum atomic E-state index is 12.6. The Morgan fingerprint density at radius 1 is 1.10 bits per heavy atom. The largest absolute Gasteiger partial charge is 0.462 e. The molecular formula is C19H27N3O6S. The third kappa shape index (κ3) is 5.26. The first-order valence-corrected chi connectivity index (χ1v) is 10.7. The maximum Gasteiger partial charge on any atom is 0.410 e. The van der Waals surface area contributed by atoms with Gasteiger partial charge in [-0.1, -0.05) is 0 Å². The minimum absolute atomic E-state index is 0.182. The smallest absolute Gasteiger partial charge is 0.410 e. The first-order chi connectivity index (χ1) is 14.0. The van der Waals surface area contributed by atoms with Crippen molar-refractivity contribution in [1.29, 1.82) is 0 Å². The molecule has 1 fully saturated rings. The first-order valence-electron chi connectivity index (χ1n) is 9.86. The van der Waals surface area contributed by atoms with Crippen molar-refractivity contribution < 1.29 is 28.6 Å². The van der Waals surface area contributed by atoms with Gasteiger partial charge in [-0.2, -0.15) is 0 Å². The molecule has 0 aromatic carbocycles. The molecule has 0 atom stereocenters. The molecule has 1 aromatic rings. The number of fused-ring (bicyclic) bond motifs is 1. The normalized spacial score (nSPS) is 16.8. The third-order valence-electron chi connectivity index (χ3n) is 4.79. The Labute approximate surface area is 173 Å². The third-order valence-corrected chi connectivity index (χ3v) is 5.92. The number of hydrogen-bond acceptors (Lipinski definition) is 8. The summed E-state index contributed by atoms with van der Waals surface area (Å²) in [6, 6.07) is 0. The molecule has 1 aromatic heterocycles. The summed E-state index contributed by atoms with van der Waals surface area (Å²) in [7, 11) is 0. The highest BCUT2D eigenvalue weighted by Gasteiger charge is 2.31. The monoisotopic (exact) mass is 425 g/mol. The number of nitrogens with zero attached hydrogens (tertiary/aromatic N) is 2. The lowest BCUT2D eigenvalue weighted by molar-refractivity contribution is -0.118. The van der Waals surface area contributed by atoms with Crippen molar-refractivity contribution in [3.63, 3.8) is 0 Å². The Morgan fingerprint density at radius 3 is 2.52 bits per heavy atom. The van der Waals surface area contributed by atoms with E-state index in [0.29, 0.717) is 63.0 Å². The fourth-order valence-corrected chi connectivity index (χ4v) is 4.68. The second-order valence-corrected chi connectivity index (χ2v) is 7.84. The number of carbonyl (C=O) groups is 3. The van der Waals surface area contributed by atoms with Crippen molar-refractivity contribution >= 4 is 34.3 Å². The maximum absolute atomic E-state index is 12.6. The summed E-state index contributed by atoms with van der Waals surface area (Å²) >= 11 is 1.32. The first kappa shape index (κ1) is 21.5. The van der Waals surface area contributed by atoms with Crippen molar-refractivity contribution in [2.24, 2.45) is 0 Å². The van der Waals surface area contributed by atoms with Crippen LogP contribution in [0, 0.1) is 0 Å². The highest BCUT2D eigenvalue weighted by atomic mass is 32.1. The lowest BCUT2D eigenvalue weighted by atomic mass is 10.0. The van der Waals surface area contributed by atoms with E-state index >= 15 is 0 Å². The Kier molecular flexibility index (Phi) is 7.45. The van der Waals surface area contributed by atoms with Crippen LogP contribution in [0.5, 0.6) is 0 Å². The zero-order chi connectivity index (χ0) is 20.8.